The summed E-state index contributed by atoms with van der Waals surface area (Å²) in [6.45, 7) is 2.35. The van der Waals surface area contributed by atoms with Crippen LogP contribution < -0.4 is 5.32 Å². The molecule has 5 aliphatic rings. The maximum absolute atomic E-state index is 13.2. The zero-order chi connectivity index (χ0) is 22.7. The van der Waals surface area contributed by atoms with Gasteiger partial charge in [-0.2, -0.15) is 0 Å². The van der Waals surface area contributed by atoms with Crippen LogP contribution in [-0.4, -0.2) is 33.6 Å². The van der Waals surface area contributed by atoms with E-state index in [0.717, 1.165) is 23.3 Å². The van der Waals surface area contributed by atoms with Gasteiger partial charge in [-0.3, -0.25) is 24.3 Å². The minimum absolute atomic E-state index is 0.104. The largest absolute Gasteiger partial charge is 0.349 e. The molecule has 0 unspecified atom stereocenters. The van der Waals surface area contributed by atoms with Gasteiger partial charge in [-0.15, -0.1) is 0 Å². The molecule has 1 aromatic carbocycles. The molecule has 1 aliphatic heterocycles. The van der Waals surface area contributed by atoms with Crippen molar-refractivity contribution in [2.24, 2.45) is 23.2 Å². The monoisotopic (exact) mass is 443 g/mol. The minimum atomic E-state index is -0.351. The smallest absolute Gasteiger partial charge is 0.261 e. The average Bonchev–Trinajstić information content (AvgIpc) is 3.03. The number of aromatic nitrogens is 1. The number of imide groups is 1. The Hall–Kier alpha value is -3.02. The van der Waals surface area contributed by atoms with Crippen LogP contribution in [0.25, 0.3) is 0 Å². The summed E-state index contributed by atoms with van der Waals surface area (Å²) in [7, 11) is 0. The molecule has 4 fully saturated rings. The van der Waals surface area contributed by atoms with E-state index in [1.807, 2.05) is 0 Å². The molecule has 1 atom stereocenters. The van der Waals surface area contributed by atoms with E-state index in [4.69, 9.17) is 0 Å². The number of hydrogen-bond acceptors (Lipinski definition) is 4. The summed E-state index contributed by atoms with van der Waals surface area (Å²) in [6, 6.07) is 8.55. The fourth-order valence-electron chi connectivity index (χ4n) is 7.39. The van der Waals surface area contributed by atoms with Crippen LogP contribution in [0, 0.1) is 23.2 Å². The lowest BCUT2D eigenvalue weighted by Gasteiger charge is -2.59. The summed E-state index contributed by atoms with van der Waals surface area (Å²) < 4.78 is 0. The van der Waals surface area contributed by atoms with Gasteiger partial charge in [0.1, 0.15) is 0 Å². The van der Waals surface area contributed by atoms with Crippen molar-refractivity contribution in [2.45, 2.75) is 58.0 Å². The quantitative estimate of drug-likeness (QED) is 0.702. The molecule has 7 rings (SSSR count). The summed E-state index contributed by atoms with van der Waals surface area (Å²) >= 11 is 0. The second-order valence-electron chi connectivity index (χ2n) is 10.8. The van der Waals surface area contributed by atoms with Crippen molar-refractivity contribution in [3.63, 3.8) is 0 Å². The number of benzene rings is 1. The number of hydrogen-bond donors (Lipinski definition) is 1. The van der Waals surface area contributed by atoms with Gasteiger partial charge in [0, 0.05) is 24.0 Å². The van der Waals surface area contributed by atoms with Crippen LogP contribution in [0.15, 0.2) is 42.7 Å². The highest BCUT2D eigenvalue weighted by Crippen LogP contribution is 2.61. The van der Waals surface area contributed by atoms with Crippen molar-refractivity contribution in [3.8, 4) is 0 Å². The van der Waals surface area contributed by atoms with E-state index in [-0.39, 0.29) is 35.7 Å². The molecule has 4 bridgehead atoms. The maximum Gasteiger partial charge on any atom is 0.261 e. The Morgan fingerprint density at radius 1 is 1.00 bits per heavy atom. The Morgan fingerprint density at radius 2 is 1.61 bits per heavy atom. The molecule has 1 N–H and O–H groups in total. The van der Waals surface area contributed by atoms with Gasteiger partial charge in [0.05, 0.1) is 17.7 Å². The molecular weight excluding hydrogens is 414 g/mol. The summed E-state index contributed by atoms with van der Waals surface area (Å²) in [5.74, 6) is 1.65. The predicted molar refractivity (Wildman–Crippen MR) is 122 cm³/mol. The van der Waals surface area contributed by atoms with Gasteiger partial charge in [-0.25, -0.2) is 0 Å². The zero-order valence-electron chi connectivity index (χ0n) is 18.9. The summed E-state index contributed by atoms with van der Waals surface area (Å²) in [6.07, 6.45) is 11.1. The van der Waals surface area contributed by atoms with Crippen molar-refractivity contribution in [1.82, 2.24) is 15.2 Å². The normalized spacial score (nSPS) is 30.5. The first kappa shape index (κ1) is 20.6. The van der Waals surface area contributed by atoms with Crippen LogP contribution in [0.5, 0.6) is 0 Å². The van der Waals surface area contributed by atoms with Crippen molar-refractivity contribution in [3.05, 3.63) is 65.0 Å². The number of pyridine rings is 1. The fourth-order valence-corrected chi connectivity index (χ4v) is 7.39. The first-order valence-electron chi connectivity index (χ1n) is 12.1. The van der Waals surface area contributed by atoms with Crippen molar-refractivity contribution < 1.29 is 14.4 Å². The molecule has 6 nitrogen and oxygen atoms in total. The second kappa shape index (κ2) is 7.51. The number of amides is 3. The number of carbonyl (C=O) groups excluding carboxylic acids is 3. The van der Waals surface area contributed by atoms with Gasteiger partial charge in [-0.1, -0.05) is 0 Å². The van der Waals surface area contributed by atoms with Gasteiger partial charge in [-0.05, 0) is 105 Å². The topological polar surface area (TPSA) is 79.4 Å². The summed E-state index contributed by atoms with van der Waals surface area (Å²) in [5, 5.41) is 3.27. The highest BCUT2D eigenvalue weighted by molar-refractivity contribution is 6.22. The van der Waals surface area contributed by atoms with E-state index >= 15 is 0 Å². The fraction of sp³-hybridized carbons (Fsp3) is 0.481. The predicted octanol–water partition coefficient (Wildman–Crippen LogP) is 4.21. The zero-order valence-corrected chi connectivity index (χ0v) is 18.9. The van der Waals surface area contributed by atoms with E-state index in [2.05, 4.69) is 17.2 Å². The molecule has 0 spiro atoms. The Kier molecular flexibility index (Phi) is 4.68. The Balaban J connectivity index is 1.19. The van der Waals surface area contributed by atoms with Crippen LogP contribution >= 0.6 is 0 Å². The molecule has 0 saturated heterocycles. The van der Waals surface area contributed by atoms with Gasteiger partial charge < -0.3 is 5.32 Å². The van der Waals surface area contributed by atoms with Gasteiger partial charge >= 0.3 is 0 Å². The van der Waals surface area contributed by atoms with Crippen LogP contribution in [0.4, 0.5) is 0 Å². The third-order valence-corrected chi connectivity index (χ3v) is 8.67. The second-order valence-corrected chi connectivity index (χ2v) is 10.8. The lowest BCUT2D eigenvalue weighted by atomic mass is 9.48. The SMILES string of the molecule is C[C@@H](NC(=O)c1ccc2c(c1)C(=O)N(Cc1ccncc1)C2=O)C12CC3CC(CC(C3)C1)C2. The first-order chi connectivity index (χ1) is 15.9. The molecule has 2 heterocycles. The number of fused-ring (bicyclic) bond motifs is 1. The number of rotatable bonds is 5. The third-order valence-electron chi connectivity index (χ3n) is 8.67. The molecular formula is C27H29N3O3. The molecule has 3 amide bonds. The minimum Gasteiger partial charge on any atom is -0.349 e. The van der Waals surface area contributed by atoms with Crippen LogP contribution in [-0.2, 0) is 6.54 Å². The molecule has 4 saturated carbocycles. The number of nitrogens with zero attached hydrogens (tertiary/aromatic N) is 2. The molecule has 170 valence electrons. The Bertz CT molecular complexity index is 1110. The van der Waals surface area contributed by atoms with Crippen molar-refractivity contribution >= 4 is 17.7 Å². The van der Waals surface area contributed by atoms with Crippen molar-refractivity contribution in [2.75, 3.05) is 0 Å². The van der Waals surface area contributed by atoms with E-state index in [0.29, 0.717) is 16.7 Å². The molecule has 1 aromatic heterocycles. The lowest BCUT2D eigenvalue weighted by molar-refractivity contribution is -0.0688. The van der Waals surface area contributed by atoms with Crippen LogP contribution in [0.2, 0.25) is 0 Å². The average molecular weight is 444 g/mol. The van der Waals surface area contributed by atoms with Gasteiger partial charge in [0.25, 0.3) is 17.7 Å². The van der Waals surface area contributed by atoms with E-state index in [1.54, 1.807) is 42.7 Å². The van der Waals surface area contributed by atoms with E-state index < -0.39 is 0 Å². The third kappa shape index (κ3) is 3.38. The molecule has 0 radical (unpaired) electrons. The van der Waals surface area contributed by atoms with Gasteiger partial charge in [0.15, 0.2) is 0 Å². The van der Waals surface area contributed by atoms with Crippen molar-refractivity contribution in [1.29, 1.82) is 0 Å². The summed E-state index contributed by atoms with van der Waals surface area (Å²) in [4.78, 5) is 44.2. The van der Waals surface area contributed by atoms with Crippen LogP contribution in [0.1, 0.15) is 82.1 Å². The Morgan fingerprint density at radius 3 is 2.24 bits per heavy atom. The van der Waals surface area contributed by atoms with Gasteiger partial charge in [0.2, 0.25) is 0 Å². The van der Waals surface area contributed by atoms with E-state index in [9.17, 15) is 14.4 Å². The molecule has 2 aromatic rings. The summed E-state index contributed by atoms with van der Waals surface area (Å²) in [5.41, 5.74) is 2.16. The molecule has 4 aliphatic carbocycles. The number of carbonyl (C=O) groups is 3. The highest BCUT2D eigenvalue weighted by atomic mass is 16.2. The lowest BCUT2D eigenvalue weighted by Crippen LogP contribution is -2.55. The van der Waals surface area contributed by atoms with E-state index in [1.165, 1.54) is 43.4 Å². The Labute approximate surface area is 193 Å². The highest BCUT2D eigenvalue weighted by Gasteiger charge is 2.53. The standard InChI is InChI=1S/C27H29N3O3/c1-16(27-12-18-8-19(13-27)10-20(9-18)14-27)29-24(31)21-2-3-22-23(11-21)26(33)30(25(22)32)15-17-4-6-28-7-5-17/h2-7,11,16,18-20H,8-10,12-15H2,1H3,(H,29,31)/t16-,18?,19?,20?,27?/m1/s1. The maximum atomic E-state index is 13.2. The molecule has 33 heavy (non-hydrogen) atoms. The number of nitrogens with one attached hydrogen (secondary N) is 1. The first-order valence-corrected chi connectivity index (χ1v) is 12.1. The van der Waals surface area contributed by atoms with Crippen LogP contribution in [0.3, 0.4) is 0 Å². The molecule has 6 heteroatoms.